The van der Waals surface area contributed by atoms with Gasteiger partial charge in [-0.15, -0.1) is 0 Å². The zero-order chi connectivity index (χ0) is 11.3. The van der Waals surface area contributed by atoms with Crippen LogP contribution in [0, 0.1) is 0 Å². The van der Waals surface area contributed by atoms with Crippen molar-refractivity contribution in [1.29, 1.82) is 0 Å². The van der Waals surface area contributed by atoms with Crippen LogP contribution in [-0.2, 0) is 11.2 Å². The molecule has 0 saturated carbocycles. The standard InChI is InChI=1S/C12H17NO2/c1-4-5-10-8-11(15-3)6-7-12(10)13-9(2)14/h6-8H,4-5H2,1-3H3,(H,13,14). The van der Waals surface area contributed by atoms with Gasteiger partial charge in [0.05, 0.1) is 7.11 Å². The summed E-state index contributed by atoms with van der Waals surface area (Å²) in [5.74, 6) is 0.782. The molecule has 1 N–H and O–H groups in total. The molecule has 3 heteroatoms. The van der Waals surface area contributed by atoms with Crippen LogP contribution in [0.2, 0.25) is 0 Å². The Labute approximate surface area is 90.4 Å². The van der Waals surface area contributed by atoms with Gasteiger partial charge < -0.3 is 10.1 Å². The number of amides is 1. The molecule has 0 radical (unpaired) electrons. The Morgan fingerprint density at radius 2 is 2.20 bits per heavy atom. The summed E-state index contributed by atoms with van der Waals surface area (Å²) in [6.45, 7) is 3.62. The average Bonchev–Trinajstić information content (AvgIpc) is 2.20. The number of benzene rings is 1. The minimum Gasteiger partial charge on any atom is -0.497 e. The number of aryl methyl sites for hydroxylation is 1. The van der Waals surface area contributed by atoms with E-state index in [-0.39, 0.29) is 5.91 Å². The van der Waals surface area contributed by atoms with Gasteiger partial charge in [-0.2, -0.15) is 0 Å². The molecule has 1 rings (SSSR count). The molecule has 1 aromatic rings. The highest BCUT2D eigenvalue weighted by atomic mass is 16.5. The third kappa shape index (κ3) is 3.27. The van der Waals surface area contributed by atoms with Gasteiger partial charge in [-0.3, -0.25) is 4.79 Å². The topological polar surface area (TPSA) is 38.3 Å². The van der Waals surface area contributed by atoms with Crippen molar-refractivity contribution < 1.29 is 9.53 Å². The van der Waals surface area contributed by atoms with E-state index in [2.05, 4.69) is 12.2 Å². The predicted octanol–water partition coefficient (Wildman–Crippen LogP) is 2.61. The normalized spacial score (nSPS) is 9.80. The summed E-state index contributed by atoms with van der Waals surface area (Å²) in [7, 11) is 1.64. The molecule has 0 aromatic heterocycles. The molecule has 0 heterocycles. The number of anilines is 1. The number of methoxy groups -OCH3 is 1. The third-order valence-corrected chi connectivity index (χ3v) is 2.14. The van der Waals surface area contributed by atoms with Gasteiger partial charge in [-0.05, 0) is 30.2 Å². The van der Waals surface area contributed by atoms with E-state index < -0.39 is 0 Å². The Kier molecular flexibility index (Phi) is 4.16. The second-order valence-electron chi connectivity index (χ2n) is 3.45. The van der Waals surface area contributed by atoms with E-state index in [4.69, 9.17) is 4.74 Å². The van der Waals surface area contributed by atoms with Gasteiger partial charge in [-0.1, -0.05) is 13.3 Å². The first kappa shape index (κ1) is 11.6. The molecule has 0 unspecified atom stereocenters. The van der Waals surface area contributed by atoms with Crippen LogP contribution in [0.1, 0.15) is 25.8 Å². The maximum atomic E-state index is 11.0. The van der Waals surface area contributed by atoms with Crippen LogP contribution in [0.4, 0.5) is 5.69 Å². The van der Waals surface area contributed by atoms with Gasteiger partial charge in [0.2, 0.25) is 5.91 Å². The predicted molar refractivity (Wildman–Crippen MR) is 61.3 cm³/mol. The molecular weight excluding hydrogens is 190 g/mol. The molecule has 0 fully saturated rings. The summed E-state index contributed by atoms with van der Waals surface area (Å²) < 4.78 is 5.15. The van der Waals surface area contributed by atoms with Crippen LogP contribution in [0.3, 0.4) is 0 Å². The maximum absolute atomic E-state index is 11.0. The van der Waals surface area contributed by atoms with Crippen LogP contribution < -0.4 is 10.1 Å². The van der Waals surface area contributed by atoms with Crippen LogP contribution in [0.5, 0.6) is 5.75 Å². The molecule has 15 heavy (non-hydrogen) atoms. The second kappa shape index (κ2) is 5.39. The Hall–Kier alpha value is -1.51. The molecule has 3 nitrogen and oxygen atoms in total. The number of rotatable bonds is 4. The van der Waals surface area contributed by atoms with Gasteiger partial charge >= 0.3 is 0 Å². The molecule has 0 aliphatic carbocycles. The van der Waals surface area contributed by atoms with E-state index in [1.807, 2.05) is 18.2 Å². The number of ether oxygens (including phenoxy) is 1. The minimum atomic E-state index is -0.0440. The summed E-state index contributed by atoms with van der Waals surface area (Å²) in [4.78, 5) is 11.0. The highest BCUT2D eigenvalue weighted by Crippen LogP contribution is 2.23. The van der Waals surface area contributed by atoms with Gasteiger partial charge in [0.1, 0.15) is 5.75 Å². The Balaban J connectivity index is 2.97. The summed E-state index contributed by atoms with van der Waals surface area (Å²) in [5.41, 5.74) is 2.00. The van der Waals surface area contributed by atoms with Gasteiger partial charge in [0, 0.05) is 12.6 Å². The molecule has 82 valence electrons. The van der Waals surface area contributed by atoms with Crippen molar-refractivity contribution in [3.63, 3.8) is 0 Å². The highest BCUT2D eigenvalue weighted by Gasteiger charge is 2.04. The van der Waals surface area contributed by atoms with Gasteiger partial charge in [0.25, 0.3) is 0 Å². The van der Waals surface area contributed by atoms with E-state index in [9.17, 15) is 4.79 Å². The Bertz CT molecular complexity index is 347. The summed E-state index contributed by atoms with van der Waals surface area (Å²) in [6.07, 6.45) is 1.98. The van der Waals surface area contributed by atoms with Crippen LogP contribution in [0.15, 0.2) is 18.2 Å². The lowest BCUT2D eigenvalue weighted by Crippen LogP contribution is -2.08. The van der Waals surface area contributed by atoms with Crippen molar-refractivity contribution in [3.8, 4) is 5.75 Å². The van der Waals surface area contributed by atoms with Crippen molar-refractivity contribution in [2.45, 2.75) is 26.7 Å². The summed E-state index contributed by atoms with van der Waals surface area (Å²) in [6, 6.07) is 5.70. The molecule has 0 bridgehead atoms. The first-order valence-corrected chi connectivity index (χ1v) is 5.12. The highest BCUT2D eigenvalue weighted by molar-refractivity contribution is 5.89. The first-order chi connectivity index (χ1) is 7.17. The van der Waals surface area contributed by atoms with E-state index in [1.165, 1.54) is 6.92 Å². The van der Waals surface area contributed by atoms with E-state index in [0.29, 0.717) is 0 Å². The maximum Gasteiger partial charge on any atom is 0.221 e. The van der Waals surface area contributed by atoms with Crippen molar-refractivity contribution >= 4 is 11.6 Å². The molecule has 0 aliphatic rings. The van der Waals surface area contributed by atoms with E-state index in [1.54, 1.807) is 7.11 Å². The fraction of sp³-hybridized carbons (Fsp3) is 0.417. The summed E-state index contributed by atoms with van der Waals surface area (Å²) in [5, 5.41) is 2.82. The second-order valence-corrected chi connectivity index (χ2v) is 3.45. The zero-order valence-corrected chi connectivity index (χ0v) is 9.46. The molecule has 1 aromatic carbocycles. The molecule has 0 aliphatic heterocycles. The Morgan fingerprint density at radius 3 is 2.73 bits per heavy atom. The number of hydrogen-bond acceptors (Lipinski definition) is 2. The number of nitrogens with one attached hydrogen (secondary N) is 1. The zero-order valence-electron chi connectivity index (χ0n) is 9.46. The van der Waals surface area contributed by atoms with Crippen molar-refractivity contribution in [3.05, 3.63) is 23.8 Å². The number of carbonyl (C=O) groups excluding carboxylic acids is 1. The van der Waals surface area contributed by atoms with Crippen molar-refractivity contribution in [1.82, 2.24) is 0 Å². The Morgan fingerprint density at radius 1 is 1.47 bits per heavy atom. The quantitative estimate of drug-likeness (QED) is 0.824. The number of carbonyl (C=O) groups is 1. The average molecular weight is 207 g/mol. The fourth-order valence-electron chi connectivity index (χ4n) is 1.48. The minimum absolute atomic E-state index is 0.0440. The van der Waals surface area contributed by atoms with Crippen LogP contribution in [-0.4, -0.2) is 13.0 Å². The van der Waals surface area contributed by atoms with Crippen LogP contribution in [0.25, 0.3) is 0 Å². The van der Waals surface area contributed by atoms with Crippen molar-refractivity contribution in [2.75, 3.05) is 12.4 Å². The van der Waals surface area contributed by atoms with Crippen molar-refractivity contribution in [2.24, 2.45) is 0 Å². The monoisotopic (exact) mass is 207 g/mol. The number of hydrogen-bond donors (Lipinski definition) is 1. The largest absolute Gasteiger partial charge is 0.497 e. The lowest BCUT2D eigenvalue weighted by molar-refractivity contribution is -0.114. The lowest BCUT2D eigenvalue weighted by atomic mass is 10.1. The van der Waals surface area contributed by atoms with Crippen LogP contribution >= 0.6 is 0 Å². The molecular formula is C12H17NO2. The SMILES string of the molecule is CCCc1cc(OC)ccc1NC(C)=O. The summed E-state index contributed by atoms with van der Waals surface area (Å²) >= 11 is 0. The molecule has 0 atom stereocenters. The van der Waals surface area contributed by atoms with Gasteiger partial charge in [0.15, 0.2) is 0 Å². The molecule has 0 saturated heterocycles. The van der Waals surface area contributed by atoms with E-state index >= 15 is 0 Å². The fourth-order valence-corrected chi connectivity index (χ4v) is 1.48. The smallest absolute Gasteiger partial charge is 0.221 e. The molecule has 1 amide bonds. The van der Waals surface area contributed by atoms with E-state index in [0.717, 1.165) is 29.8 Å². The first-order valence-electron chi connectivity index (χ1n) is 5.12. The van der Waals surface area contributed by atoms with Gasteiger partial charge in [-0.25, -0.2) is 0 Å². The molecule has 0 spiro atoms. The third-order valence-electron chi connectivity index (χ3n) is 2.14. The lowest BCUT2D eigenvalue weighted by Gasteiger charge is -2.10.